The van der Waals surface area contributed by atoms with E-state index in [-0.39, 0.29) is 17.8 Å². The van der Waals surface area contributed by atoms with Gasteiger partial charge < -0.3 is 26.0 Å². The Labute approximate surface area is 165 Å². The number of benzene rings is 1. The molecule has 1 heterocycles. The molecule has 0 spiro atoms. The summed E-state index contributed by atoms with van der Waals surface area (Å²) in [5.74, 6) is -2.11. The molecule has 0 aromatic heterocycles. The van der Waals surface area contributed by atoms with Crippen LogP contribution in [0.3, 0.4) is 0 Å². The fourth-order valence-electron chi connectivity index (χ4n) is 3.90. The summed E-state index contributed by atoms with van der Waals surface area (Å²) in [5.41, 5.74) is 6.14. The number of carboxylic acid groups (broad SMARTS) is 2. The van der Waals surface area contributed by atoms with Crippen molar-refractivity contribution >= 4 is 19.1 Å². The second-order valence-electron chi connectivity index (χ2n) is 7.63. The number of piperidine rings is 1. The maximum Gasteiger partial charge on any atom is 0.451 e. The van der Waals surface area contributed by atoms with Gasteiger partial charge >= 0.3 is 19.1 Å². The van der Waals surface area contributed by atoms with Gasteiger partial charge in [0.1, 0.15) is 5.54 Å². The van der Waals surface area contributed by atoms with Gasteiger partial charge in [-0.25, -0.2) is 4.79 Å². The van der Waals surface area contributed by atoms with E-state index < -0.39 is 24.6 Å². The second-order valence-corrected chi connectivity index (χ2v) is 7.63. The number of carboxylic acids is 2. The average molecular weight is 392 g/mol. The minimum absolute atomic E-state index is 0.148. The van der Waals surface area contributed by atoms with E-state index in [4.69, 9.17) is 20.9 Å². The molecule has 1 saturated heterocycles. The normalized spacial score (nSPS) is 17.8. The van der Waals surface area contributed by atoms with Gasteiger partial charge in [0, 0.05) is 6.54 Å². The standard InChI is InChI=1S/C19H29BN2O6/c21-19(18(25)26,8-1-2-9-20(27)28)16-6-10-22(11-7-16)13-14-4-3-5-15(12-14)17(23)24/h3-5,12,16,27-28H,1-2,6-11,13,21H2,(H,23,24)(H,25,26). The Bertz CT molecular complexity index is 678. The van der Waals surface area contributed by atoms with Gasteiger partial charge in [0.05, 0.1) is 5.56 Å². The van der Waals surface area contributed by atoms with Crippen molar-refractivity contribution in [2.75, 3.05) is 13.1 Å². The zero-order valence-corrected chi connectivity index (χ0v) is 16.0. The summed E-state index contributed by atoms with van der Waals surface area (Å²) in [6.07, 6.45) is 2.88. The highest BCUT2D eigenvalue weighted by molar-refractivity contribution is 6.40. The monoisotopic (exact) mass is 392 g/mol. The van der Waals surface area contributed by atoms with Crippen LogP contribution in [0.2, 0.25) is 6.32 Å². The number of hydrogen-bond donors (Lipinski definition) is 5. The maximum atomic E-state index is 11.8. The first kappa shape index (κ1) is 22.4. The van der Waals surface area contributed by atoms with Gasteiger partial charge in [-0.2, -0.15) is 0 Å². The van der Waals surface area contributed by atoms with E-state index in [1.807, 2.05) is 6.07 Å². The number of unbranched alkanes of at least 4 members (excludes halogenated alkanes) is 1. The number of nitrogens with two attached hydrogens (primary N) is 1. The minimum atomic E-state index is -1.38. The van der Waals surface area contributed by atoms with Gasteiger partial charge in [-0.15, -0.1) is 0 Å². The molecule has 0 aliphatic carbocycles. The topological polar surface area (TPSA) is 144 Å². The van der Waals surface area contributed by atoms with E-state index in [1.165, 1.54) is 0 Å². The smallest absolute Gasteiger partial charge is 0.451 e. The lowest BCUT2D eigenvalue weighted by atomic mass is 9.74. The Morgan fingerprint density at radius 1 is 1.18 bits per heavy atom. The van der Waals surface area contributed by atoms with E-state index in [0.29, 0.717) is 51.7 Å². The third-order valence-electron chi connectivity index (χ3n) is 5.60. The molecule has 0 radical (unpaired) electrons. The molecule has 1 aliphatic heterocycles. The molecule has 1 fully saturated rings. The second kappa shape index (κ2) is 10.0. The molecule has 1 atom stereocenters. The van der Waals surface area contributed by atoms with Crippen LogP contribution in [0, 0.1) is 5.92 Å². The molecule has 154 valence electrons. The van der Waals surface area contributed by atoms with Crippen LogP contribution in [-0.2, 0) is 11.3 Å². The number of hydrogen-bond acceptors (Lipinski definition) is 6. The minimum Gasteiger partial charge on any atom is -0.480 e. The molecular formula is C19H29BN2O6. The maximum absolute atomic E-state index is 11.8. The third kappa shape index (κ3) is 6.03. The molecule has 1 aliphatic rings. The van der Waals surface area contributed by atoms with Crippen molar-refractivity contribution in [3.63, 3.8) is 0 Å². The van der Waals surface area contributed by atoms with E-state index in [2.05, 4.69) is 4.90 Å². The lowest BCUT2D eigenvalue weighted by Gasteiger charge is -2.40. The van der Waals surface area contributed by atoms with Gasteiger partial charge in [0.25, 0.3) is 0 Å². The highest BCUT2D eigenvalue weighted by Gasteiger charge is 2.42. The van der Waals surface area contributed by atoms with Crippen LogP contribution >= 0.6 is 0 Å². The largest absolute Gasteiger partial charge is 0.480 e. The summed E-state index contributed by atoms with van der Waals surface area (Å²) in [5, 5.41) is 36.6. The number of aromatic carboxylic acids is 1. The van der Waals surface area contributed by atoms with Crippen molar-refractivity contribution in [3.8, 4) is 0 Å². The van der Waals surface area contributed by atoms with Crippen LogP contribution in [0.4, 0.5) is 0 Å². The first-order chi connectivity index (χ1) is 13.2. The summed E-state index contributed by atoms with van der Waals surface area (Å²) in [4.78, 5) is 25.1. The Hall–Kier alpha value is -1.94. The highest BCUT2D eigenvalue weighted by atomic mass is 16.4. The number of likely N-dealkylation sites (tertiary alicyclic amines) is 1. The summed E-state index contributed by atoms with van der Waals surface area (Å²) in [6, 6.07) is 6.83. The van der Waals surface area contributed by atoms with Gasteiger partial charge in [-0.3, -0.25) is 9.69 Å². The molecule has 1 aromatic rings. The first-order valence-corrected chi connectivity index (χ1v) is 9.65. The van der Waals surface area contributed by atoms with Crippen LogP contribution in [0.15, 0.2) is 24.3 Å². The lowest BCUT2D eigenvalue weighted by Crippen LogP contribution is -2.56. The molecule has 0 amide bonds. The van der Waals surface area contributed by atoms with Crippen LogP contribution in [0.25, 0.3) is 0 Å². The Morgan fingerprint density at radius 2 is 1.86 bits per heavy atom. The van der Waals surface area contributed by atoms with Gasteiger partial charge in [0.2, 0.25) is 0 Å². The zero-order chi connectivity index (χ0) is 20.7. The summed E-state index contributed by atoms with van der Waals surface area (Å²) >= 11 is 0. The summed E-state index contributed by atoms with van der Waals surface area (Å²) < 4.78 is 0. The Balaban J connectivity index is 1.90. The fourth-order valence-corrected chi connectivity index (χ4v) is 3.90. The zero-order valence-electron chi connectivity index (χ0n) is 16.0. The molecule has 0 bridgehead atoms. The van der Waals surface area contributed by atoms with Crippen molar-refractivity contribution in [3.05, 3.63) is 35.4 Å². The average Bonchev–Trinajstić information content (AvgIpc) is 2.65. The third-order valence-corrected chi connectivity index (χ3v) is 5.60. The summed E-state index contributed by atoms with van der Waals surface area (Å²) in [6.45, 7) is 2.01. The van der Waals surface area contributed by atoms with Crippen LogP contribution in [-0.4, -0.2) is 62.8 Å². The van der Waals surface area contributed by atoms with Gasteiger partial charge in [0.15, 0.2) is 0 Å². The molecule has 8 nitrogen and oxygen atoms in total. The molecule has 6 N–H and O–H groups in total. The van der Waals surface area contributed by atoms with Crippen molar-refractivity contribution in [2.45, 2.75) is 50.5 Å². The van der Waals surface area contributed by atoms with E-state index in [1.54, 1.807) is 18.2 Å². The fraction of sp³-hybridized carbons (Fsp3) is 0.579. The molecule has 2 rings (SSSR count). The van der Waals surface area contributed by atoms with Crippen molar-refractivity contribution in [2.24, 2.45) is 11.7 Å². The molecule has 0 saturated carbocycles. The van der Waals surface area contributed by atoms with Crippen LogP contribution in [0.1, 0.15) is 48.0 Å². The van der Waals surface area contributed by atoms with Gasteiger partial charge in [-0.05, 0) is 62.3 Å². The van der Waals surface area contributed by atoms with Gasteiger partial charge in [-0.1, -0.05) is 25.0 Å². The molecule has 28 heavy (non-hydrogen) atoms. The van der Waals surface area contributed by atoms with Crippen molar-refractivity contribution in [1.82, 2.24) is 4.90 Å². The van der Waals surface area contributed by atoms with E-state index in [9.17, 15) is 14.7 Å². The Morgan fingerprint density at radius 3 is 2.43 bits per heavy atom. The quantitative estimate of drug-likeness (QED) is 0.293. The number of rotatable bonds is 10. The number of nitrogens with zero attached hydrogens (tertiary/aromatic N) is 1. The van der Waals surface area contributed by atoms with E-state index in [0.717, 1.165) is 5.56 Å². The first-order valence-electron chi connectivity index (χ1n) is 9.65. The van der Waals surface area contributed by atoms with E-state index >= 15 is 0 Å². The highest BCUT2D eigenvalue weighted by Crippen LogP contribution is 2.32. The molecule has 1 unspecified atom stereocenters. The summed E-state index contributed by atoms with van der Waals surface area (Å²) in [7, 11) is -1.38. The van der Waals surface area contributed by atoms with Crippen LogP contribution < -0.4 is 5.73 Å². The molecular weight excluding hydrogens is 363 g/mol. The lowest BCUT2D eigenvalue weighted by molar-refractivity contribution is -0.147. The number of aliphatic carboxylic acids is 1. The Kier molecular flexibility index (Phi) is 8.00. The number of carbonyl (C=O) groups is 2. The molecule has 9 heteroatoms. The predicted octanol–water partition coefficient (Wildman–Crippen LogP) is 1.02. The molecule has 1 aromatic carbocycles. The van der Waals surface area contributed by atoms with Crippen molar-refractivity contribution in [1.29, 1.82) is 0 Å². The van der Waals surface area contributed by atoms with Crippen LogP contribution in [0.5, 0.6) is 0 Å². The predicted molar refractivity (Wildman–Crippen MR) is 105 cm³/mol. The van der Waals surface area contributed by atoms with Crippen molar-refractivity contribution < 1.29 is 29.9 Å². The SMILES string of the molecule is NC(CCCCB(O)O)(C(=O)O)C1CCN(Cc2cccc(C(=O)O)c2)CC1.